The summed E-state index contributed by atoms with van der Waals surface area (Å²) in [6.45, 7) is 1.85. The second-order valence-corrected chi connectivity index (χ2v) is 5.86. The van der Waals surface area contributed by atoms with Crippen LogP contribution in [0.1, 0.15) is 12.5 Å². The average molecular weight is 338 g/mol. The van der Waals surface area contributed by atoms with Gasteiger partial charge in [-0.3, -0.25) is 9.59 Å². The molecular formula is C18H18N4O3. The Morgan fingerprint density at radius 2 is 2.24 bits per heavy atom. The number of aromatic amines is 1. The van der Waals surface area contributed by atoms with Crippen LogP contribution in [0.4, 0.5) is 0 Å². The Morgan fingerprint density at radius 3 is 2.96 bits per heavy atom. The van der Waals surface area contributed by atoms with Crippen LogP contribution in [0.2, 0.25) is 0 Å². The molecule has 0 aliphatic heterocycles. The van der Waals surface area contributed by atoms with Crippen LogP contribution in [0.15, 0.2) is 47.7 Å². The number of rotatable bonds is 5. The highest BCUT2D eigenvalue weighted by Crippen LogP contribution is 2.24. The maximum atomic E-state index is 11.9. The van der Waals surface area contributed by atoms with E-state index >= 15 is 0 Å². The first-order chi connectivity index (χ1) is 11.9. The minimum atomic E-state index is -0.622. The summed E-state index contributed by atoms with van der Waals surface area (Å²) >= 11 is 0. The molecule has 3 heterocycles. The largest absolute Gasteiger partial charge is 0.392 e. The number of aromatic nitrogens is 3. The molecule has 3 rings (SSSR count). The molecule has 128 valence electrons. The summed E-state index contributed by atoms with van der Waals surface area (Å²) < 4.78 is 1.47. The van der Waals surface area contributed by atoms with Gasteiger partial charge in [-0.25, -0.2) is 4.98 Å². The van der Waals surface area contributed by atoms with Gasteiger partial charge >= 0.3 is 0 Å². The summed E-state index contributed by atoms with van der Waals surface area (Å²) in [5, 5.41) is 10.4. The van der Waals surface area contributed by atoms with Gasteiger partial charge in [-0.15, -0.1) is 0 Å². The summed E-state index contributed by atoms with van der Waals surface area (Å²) in [4.78, 5) is 30.2. The van der Waals surface area contributed by atoms with Gasteiger partial charge in [0.05, 0.1) is 12.6 Å². The van der Waals surface area contributed by atoms with Crippen LogP contribution in [0, 0.1) is 0 Å². The fourth-order valence-electron chi connectivity index (χ4n) is 2.62. The topological polar surface area (TPSA) is 114 Å². The van der Waals surface area contributed by atoms with E-state index in [9.17, 15) is 14.7 Å². The number of H-pyrrole nitrogens is 1. The van der Waals surface area contributed by atoms with Crippen LogP contribution < -0.4 is 11.3 Å². The van der Waals surface area contributed by atoms with Crippen molar-refractivity contribution in [2.45, 2.75) is 19.6 Å². The highest BCUT2D eigenvalue weighted by molar-refractivity contribution is 5.95. The summed E-state index contributed by atoms with van der Waals surface area (Å²) in [5.41, 5.74) is 8.07. The van der Waals surface area contributed by atoms with Crippen molar-refractivity contribution in [3.63, 3.8) is 0 Å². The minimum absolute atomic E-state index is 0.176. The Kier molecular flexibility index (Phi) is 4.49. The second-order valence-electron chi connectivity index (χ2n) is 5.86. The number of aliphatic hydroxyl groups is 1. The quantitative estimate of drug-likeness (QED) is 0.608. The van der Waals surface area contributed by atoms with Crippen LogP contribution in [-0.4, -0.2) is 31.7 Å². The Labute approximate surface area is 143 Å². The zero-order valence-corrected chi connectivity index (χ0v) is 13.6. The lowest BCUT2D eigenvalue weighted by molar-refractivity contribution is -0.113. The first-order valence-corrected chi connectivity index (χ1v) is 7.77. The smallest absolute Gasteiger partial charge is 0.250 e. The zero-order valence-electron chi connectivity index (χ0n) is 13.6. The van der Waals surface area contributed by atoms with Crippen molar-refractivity contribution in [1.82, 2.24) is 14.5 Å². The monoisotopic (exact) mass is 338 g/mol. The van der Waals surface area contributed by atoms with Crippen LogP contribution in [0.5, 0.6) is 0 Å². The van der Waals surface area contributed by atoms with E-state index in [2.05, 4.69) is 9.97 Å². The first kappa shape index (κ1) is 16.7. The van der Waals surface area contributed by atoms with Crippen molar-refractivity contribution < 1.29 is 9.90 Å². The number of hydrogen-bond donors (Lipinski definition) is 3. The highest BCUT2D eigenvalue weighted by Gasteiger charge is 2.08. The van der Waals surface area contributed by atoms with E-state index in [1.165, 1.54) is 16.7 Å². The molecule has 4 N–H and O–H groups in total. The summed E-state index contributed by atoms with van der Waals surface area (Å²) in [6.07, 6.45) is 7.44. The van der Waals surface area contributed by atoms with E-state index < -0.39 is 12.0 Å². The number of primary amides is 1. The Bertz CT molecular complexity index is 1010. The lowest BCUT2D eigenvalue weighted by Crippen LogP contribution is -2.24. The maximum absolute atomic E-state index is 11.9. The third kappa shape index (κ3) is 3.67. The van der Waals surface area contributed by atoms with Crippen LogP contribution >= 0.6 is 0 Å². The minimum Gasteiger partial charge on any atom is -0.392 e. The van der Waals surface area contributed by atoms with E-state index in [-0.39, 0.29) is 12.1 Å². The van der Waals surface area contributed by atoms with Gasteiger partial charge in [0.15, 0.2) is 0 Å². The third-order valence-corrected chi connectivity index (χ3v) is 3.77. The van der Waals surface area contributed by atoms with Gasteiger partial charge in [0, 0.05) is 47.2 Å². The highest BCUT2D eigenvalue weighted by atomic mass is 16.3. The molecule has 0 saturated heterocycles. The van der Waals surface area contributed by atoms with Gasteiger partial charge in [0.2, 0.25) is 5.91 Å². The molecular weight excluding hydrogens is 320 g/mol. The number of carbonyl (C=O) groups excluding carboxylic acids is 1. The number of carbonyl (C=O) groups is 1. The fourth-order valence-corrected chi connectivity index (χ4v) is 2.62. The molecule has 0 aromatic carbocycles. The summed E-state index contributed by atoms with van der Waals surface area (Å²) in [5.74, 6) is -0.524. The number of nitrogens with zero attached hydrogens (tertiary/aromatic N) is 2. The molecule has 0 bridgehead atoms. The number of aliphatic hydroxyl groups excluding tert-OH is 1. The summed E-state index contributed by atoms with van der Waals surface area (Å²) in [7, 11) is 0. The number of fused-ring (bicyclic) bond motifs is 1. The lowest BCUT2D eigenvalue weighted by atomic mass is 10.1. The Hall–Kier alpha value is -3.19. The van der Waals surface area contributed by atoms with Crippen molar-refractivity contribution in [3.8, 4) is 11.1 Å². The van der Waals surface area contributed by atoms with E-state index in [0.29, 0.717) is 5.65 Å². The molecule has 1 amide bonds. The average Bonchev–Trinajstić information content (AvgIpc) is 2.97. The predicted molar refractivity (Wildman–Crippen MR) is 95.7 cm³/mol. The van der Waals surface area contributed by atoms with Crippen molar-refractivity contribution >= 4 is 23.0 Å². The van der Waals surface area contributed by atoms with Gasteiger partial charge in [-0.05, 0) is 30.7 Å². The van der Waals surface area contributed by atoms with Gasteiger partial charge in [0.25, 0.3) is 5.56 Å². The zero-order chi connectivity index (χ0) is 18.0. The predicted octanol–water partition coefficient (Wildman–Crippen LogP) is 1.27. The van der Waals surface area contributed by atoms with E-state index in [4.69, 9.17) is 5.73 Å². The van der Waals surface area contributed by atoms with Crippen LogP contribution in [-0.2, 0) is 11.3 Å². The lowest BCUT2D eigenvalue weighted by Gasteiger charge is -2.10. The van der Waals surface area contributed by atoms with Crippen LogP contribution in [0.25, 0.3) is 28.2 Å². The number of amides is 1. The molecule has 0 aliphatic carbocycles. The molecule has 0 aliphatic rings. The standard InChI is InChI=1S/C18H18N4O3/c1-11(23)9-22-10-13(3-5-17(22)25)14-6-15-12(2-4-16(19)24)7-20-18(15)21-8-14/h2-8,10-11,23H,9H2,1H3,(H2,19,24)(H,20,21). The Morgan fingerprint density at radius 1 is 1.44 bits per heavy atom. The molecule has 1 atom stereocenters. The molecule has 1 unspecified atom stereocenters. The van der Waals surface area contributed by atoms with E-state index in [1.807, 2.05) is 6.07 Å². The van der Waals surface area contributed by atoms with Crippen molar-refractivity contribution in [2.24, 2.45) is 5.73 Å². The molecule has 0 spiro atoms. The SMILES string of the molecule is CC(O)Cn1cc(-c2cnc3[nH]cc(C=CC(N)=O)c3c2)ccc1=O. The molecule has 0 radical (unpaired) electrons. The fraction of sp³-hybridized carbons (Fsp3) is 0.167. The molecule has 7 heteroatoms. The van der Waals surface area contributed by atoms with E-state index in [1.54, 1.807) is 37.7 Å². The number of hydrogen-bond acceptors (Lipinski definition) is 4. The Balaban J connectivity index is 2.05. The van der Waals surface area contributed by atoms with Crippen molar-refractivity contribution in [3.05, 3.63) is 58.8 Å². The number of nitrogens with one attached hydrogen (secondary N) is 1. The second kappa shape index (κ2) is 6.74. The molecule has 3 aromatic rings. The normalized spacial score (nSPS) is 12.7. The van der Waals surface area contributed by atoms with Gasteiger partial charge < -0.3 is 20.4 Å². The van der Waals surface area contributed by atoms with Crippen molar-refractivity contribution in [2.75, 3.05) is 0 Å². The summed E-state index contributed by atoms with van der Waals surface area (Å²) in [6, 6.07) is 5.11. The number of pyridine rings is 2. The molecule has 0 fully saturated rings. The molecule has 7 nitrogen and oxygen atoms in total. The first-order valence-electron chi connectivity index (χ1n) is 7.77. The maximum Gasteiger partial charge on any atom is 0.250 e. The third-order valence-electron chi connectivity index (χ3n) is 3.77. The van der Waals surface area contributed by atoms with Gasteiger partial charge in [0.1, 0.15) is 5.65 Å². The molecule has 25 heavy (non-hydrogen) atoms. The van der Waals surface area contributed by atoms with E-state index in [0.717, 1.165) is 22.1 Å². The van der Waals surface area contributed by atoms with Crippen molar-refractivity contribution in [1.29, 1.82) is 0 Å². The molecule has 3 aromatic heterocycles. The van der Waals surface area contributed by atoms with Gasteiger partial charge in [-0.2, -0.15) is 0 Å². The number of nitrogens with two attached hydrogens (primary N) is 1. The molecule has 0 saturated carbocycles. The van der Waals surface area contributed by atoms with Crippen LogP contribution in [0.3, 0.4) is 0 Å². The van der Waals surface area contributed by atoms with Gasteiger partial charge in [-0.1, -0.05) is 0 Å².